The molecule has 0 spiro atoms. The number of nitrogens with one attached hydrogen (secondary N) is 1. The molecule has 4 fully saturated rings. The Bertz CT molecular complexity index is 1770. The van der Waals surface area contributed by atoms with Crippen LogP contribution in [0.3, 0.4) is 0 Å². The molecule has 2 aliphatic carbocycles. The molecule has 2 aromatic heterocycles. The molecule has 0 amide bonds. The fourth-order valence-corrected chi connectivity index (χ4v) is 7.87. The van der Waals surface area contributed by atoms with Crippen LogP contribution in [0.1, 0.15) is 83.1 Å². The van der Waals surface area contributed by atoms with E-state index in [0.717, 1.165) is 52.2 Å². The molecular formula is C38H49F2N5O4. The van der Waals surface area contributed by atoms with Crippen molar-refractivity contribution in [3.05, 3.63) is 47.7 Å². The van der Waals surface area contributed by atoms with Crippen molar-refractivity contribution in [1.82, 2.24) is 20.3 Å². The van der Waals surface area contributed by atoms with Gasteiger partial charge in [-0.2, -0.15) is 9.97 Å². The van der Waals surface area contributed by atoms with Gasteiger partial charge in [0.25, 0.3) is 0 Å². The van der Waals surface area contributed by atoms with Gasteiger partial charge in [0.15, 0.2) is 5.82 Å². The lowest BCUT2D eigenvalue weighted by molar-refractivity contribution is 0.0798. The zero-order valence-corrected chi connectivity index (χ0v) is 28.6. The van der Waals surface area contributed by atoms with E-state index >= 15 is 4.39 Å². The van der Waals surface area contributed by atoms with Crippen molar-refractivity contribution in [2.24, 2.45) is 5.41 Å². The molecule has 4 N–H and O–H groups in total. The Morgan fingerprint density at radius 2 is 1.78 bits per heavy atom. The van der Waals surface area contributed by atoms with Gasteiger partial charge in [-0.25, -0.2) is 8.78 Å². The summed E-state index contributed by atoms with van der Waals surface area (Å²) in [4.78, 5) is 15.8. The number of nitrogens with zero attached hydrogens (tertiary/aromatic N) is 4. The monoisotopic (exact) mass is 677 g/mol. The number of rotatable bonds is 6. The number of aliphatic hydroxyl groups excluding tert-OH is 2. The average Bonchev–Trinajstić information content (AvgIpc) is 3.52. The van der Waals surface area contributed by atoms with Crippen molar-refractivity contribution >= 4 is 27.5 Å². The maximum absolute atomic E-state index is 16.7. The van der Waals surface area contributed by atoms with Crippen molar-refractivity contribution in [3.63, 3.8) is 0 Å². The SMILES string of the molecule is C1CCC1.CCc1c(F)ccc2cc(O)cc(-c3ncc4c(N5CCCC(O)C5)nc(OCC56CCCNC5CCC6)nc4c3F)c12.CO. The van der Waals surface area contributed by atoms with E-state index in [-0.39, 0.29) is 28.4 Å². The van der Waals surface area contributed by atoms with E-state index in [2.05, 4.69) is 15.3 Å². The topological polar surface area (TPSA) is 124 Å². The molecule has 2 aliphatic heterocycles. The van der Waals surface area contributed by atoms with Gasteiger partial charge in [0.05, 0.1) is 18.1 Å². The van der Waals surface area contributed by atoms with Crippen LogP contribution in [0.15, 0.2) is 30.5 Å². The summed E-state index contributed by atoms with van der Waals surface area (Å²) in [7, 11) is 1.00. The normalized spacial score (nSPS) is 23.2. The number of benzene rings is 2. The summed E-state index contributed by atoms with van der Waals surface area (Å²) in [6, 6.07) is 6.38. The predicted octanol–water partition coefficient (Wildman–Crippen LogP) is 6.82. The highest BCUT2D eigenvalue weighted by molar-refractivity contribution is 6.01. The molecule has 11 heteroatoms. The number of phenols is 1. The van der Waals surface area contributed by atoms with E-state index in [1.165, 1.54) is 44.0 Å². The number of aromatic hydroxyl groups is 1. The lowest BCUT2D eigenvalue weighted by atomic mass is 9.76. The van der Waals surface area contributed by atoms with Gasteiger partial charge in [0, 0.05) is 43.4 Å². The summed E-state index contributed by atoms with van der Waals surface area (Å²) >= 11 is 0. The highest BCUT2D eigenvalue weighted by Crippen LogP contribution is 2.45. The van der Waals surface area contributed by atoms with Crippen molar-refractivity contribution in [3.8, 4) is 23.0 Å². The molecule has 0 radical (unpaired) electrons. The number of β-amino-alcohol motifs (C(OH)–C–C–N with tert-alkyl or cyclic N) is 1. The molecule has 4 aliphatic rings. The highest BCUT2D eigenvalue weighted by Gasteiger charge is 2.45. The third kappa shape index (κ3) is 7.16. The van der Waals surface area contributed by atoms with E-state index < -0.39 is 17.7 Å². The number of halogens is 2. The van der Waals surface area contributed by atoms with Crippen molar-refractivity contribution < 1.29 is 28.8 Å². The molecule has 2 saturated carbocycles. The third-order valence-electron chi connectivity index (χ3n) is 10.7. The minimum atomic E-state index is -0.696. The maximum atomic E-state index is 16.7. The van der Waals surface area contributed by atoms with E-state index in [4.69, 9.17) is 14.8 Å². The van der Waals surface area contributed by atoms with Crippen molar-refractivity contribution in [2.75, 3.05) is 38.3 Å². The van der Waals surface area contributed by atoms with E-state index in [1.54, 1.807) is 12.1 Å². The van der Waals surface area contributed by atoms with Gasteiger partial charge in [0.1, 0.15) is 28.6 Å². The fourth-order valence-electron chi connectivity index (χ4n) is 7.87. The van der Waals surface area contributed by atoms with Crippen LogP contribution in [-0.2, 0) is 6.42 Å². The first-order valence-electron chi connectivity index (χ1n) is 17.9. The zero-order chi connectivity index (χ0) is 34.5. The molecule has 3 atom stereocenters. The average molecular weight is 678 g/mol. The highest BCUT2D eigenvalue weighted by atomic mass is 19.1. The number of fused-ring (bicyclic) bond motifs is 3. The van der Waals surface area contributed by atoms with Crippen LogP contribution in [0.5, 0.6) is 11.8 Å². The van der Waals surface area contributed by atoms with E-state index in [1.807, 2.05) is 11.8 Å². The number of anilines is 1. The number of pyridine rings is 1. The fraction of sp³-hybridized carbons (Fsp3) is 0.553. The molecule has 2 aromatic carbocycles. The molecule has 264 valence electrons. The van der Waals surface area contributed by atoms with Gasteiger partial charge in [0.2, 0.25) is 0 Å². The Balaban J connectivity index is 0.000000638. The summed E-state index contributed by atoms with van der Waals surface area (Å²) in [5, 5.41) is 33.1. The second-order valence-electron chi connectivity index (χ2n) is 13.8. The quantitative estimate of drug-likeness (QED) is 0.174. The van der Waals surface area contributed by atoms with Crippen LogP contribution in [0.4, 0.5) is 14.6 Å². The number of ether oxygens (including phenoxy) is 1. The first kappa shape index (κ1) is 35.2. The van der Waals surface area contributed by atoms with E-state index in [9.17, 15) is 14.6 Å². The number of piperidine rings is 2. The van der Waals surface area contributed by atoms with E-state index in [0.29, 0.717) is 71.7 Å². The van der Waals surface area contributed by atoms with Gasteiger partial charge in [-0.05, 0) is 86.0 Å². The van der Waals surface area contributed by atoms with Crippen LogP contribution >= 0.6 is 0 Å². The Morgan fingerprint density at radius 1 is 1.00 bits per heavy atom. The summed E-state index contributed by atoms with van der Waals surface area (Å²) in [6.45, 7) is 4.30. The Kier molecular flexibility index (Phi) is 11.1. The van der Waals surface area contributed by atoms with Gasteiger partial charge in [-0.15, -0.1) is 0 Å². The Labute approximate surface area is 286 Å². The summed E-state index contributed by atoms with van der Waals surface area (Å²) in [5.41, 5.74) is 0.728. The molecule has 0 bridgehead atoms. The maximum Gasteiger partial charge on any atom is 0.319 e. The number of aliphatic hydroxyl groups is 2. The lowest BCUT2D eigenvalue weighted by Gasteiger charge is -2.39. The first-order chi connectivity index (χ1) is 23.9. The van der Waals surface area contributed by atoms with Gasteiger partial charge in [-0.1, -0.05) is 45.1 Å². The predicted molar refractivity (Wildman–Crippen MR) is 188 cm³/mol. The minimum absolute atomic E-state index is 0.00110. The zero-order valence-electron chi connectivity index (χ0n) is 28.6. The number of aromatic nitrogens is 3. The first-order valence-corrected chi connectivity index (χ1v) is 17.9. The molecule has 49 heavy (non-hydrogen) atoms. The number of hydrogen-bond donors (Lipinski definition) is 4. The molecular weight excluding hydrogens is 628 g/mol. The molecule has 9 nitrogen and oxygen atoms in total. The molecule has 2 saturated heterocycles. The summed E-state index contributed by atoms with van der Waals surface area (Å²) in [6.07, 6.45) is 14.3. The van der Waals surface area contributed by atoms with Crippen LogP contribution in [0.25, 0.3) is 32.9 Å². The number of aryl methyl sites for hydroxylation is 1. The molecule has 4 heterocycles. The van der Waals surface area contributed by atoms with Crippen LogP contribution < -0.4 is 15.0 Å². The van der Waals surface area contributed by atoms with Crippen LogP contribution in [0, 0.1) is 17.0 Å². The molecule has 4 aromatic rings. The van der Waals surface area contributed by atoms with Crippen LogP contribution in [-0.4, -0.2) is 75.8 Å². The summed E-state index contributed by atoms with van der Waals surface area (Å²) < 4.78 is 37.9. The molecule has 8 rings (SSSR count). The largest absolute Gasteiger partial charge is 0.508 e. The Morgan fingerprint density at radius 3 is 2.51 bits per heavy atom. The van der Waals surface area contributed by atoms with Crippen LogP contribution in [0.2, 0.25) is 0 Å². The number of phenolic OH excluding ortho intramolecular Hbond substituents is 1. The summed E-state index contributed by atoms with van der Waals surface area (Å²) in [5.74, 6) is -0.689. The van der Waals surface area contributed by atoms with Gasteiger partial charge in [-0.3, -0.25) is 4.98 Å². The Hall–Kier alpha value is -3.67. The molecule has 3 unspecified atom stereocenters. The van der Waals surface area contributed by atoms with Crippen molar-refractivity contribution in [2.45, 2.75) is 96.1 Å². The second-order valence-corrected chi connectivity index (χ2v) is 13.8. The van der Waals surface area contributed by atoms with Gasteiger partial charge < -0.3 is 30.3 Å². The smallest absolute Gasteiger partial charge is 0.319 e. The third-order valence-corrected chi connectivity index (χ3v) is 10.7. The number of hydrogen-bond acceptors (Lipinski definition) is 9. The minimum Gasteiger partial charge on any atom is -0.508 e. The second kappa shape index (κ2) is 15.5. The van der Waals surface area contributed by atoms with Crippen molar-refractivity contribution in [1.29, 1.82) is 0 Å². The lowest BCUT2D eigenvalue weighted by Crippen LogP contribution is -2.49. The van der Waals surface area contributed by atoms with Gasteiger partial charge >= 0.3 is 6.01 Å². The standard InChI is InChI=1S/C33H37F2N5O3.C4H8.CH4O/c1-2-22-25(34)9-8-19-14-21(42)15-23(27(19)22)29-28(35)30-24(16-37-29)31(40-13-4-6-20(41)17-40)39-32(38-30)43-18-33-10-3-7-26(33)36-12-5-11-33;1-2-4-3-1;1-2/h8-9,14-16,20,26,36,41-42H,2-7,10-13,17-18H2,1H3;1-4H2;2H,1H3.